The Kier molecular flexibility index (Phi) is 8.55. The van der Waals surface area contributed by atoms with Crippen LogP contribution in [0.3, 0.4) is 0 Å². The molecule has 0 spiro atoms. The van der Waals surface area contributed by atoms with E-state index in [0.717, 1.165) is 30.8 Å². The van der Waals surface area contributed by atoms with Crippen LogP contribution in [0.5, 0.6) is 0 Å². The second kappa shape index (κ2) is 11.0. The number of hydrogen-bond acceptors (Lipinski definition) is 4. The number of nitrogens with one attached hydrogen (secondary N) is 2. The van der Waals surface area contributed by atoms with Gasteiger partial charge in [0.2, 0.25) is 5.91 Å². The van der Waals surface area contributed by atoms with Crippen molar-refractivity contribution in [2.24, 2.45) is 0 Å². The third-order valence-electron chi connectivity index (χ3n) is 6.03. The Morgan fingerprint density at radius 1 is 1.16 bits per heavy atom. The second-order valence-corrected chi connectivity index (χ2v) is 9.62. The van der Waals surface area contributed by atoms with E-state index in [1.807, 2.05) is 56.6 Å². The molecule has 174 valence electrons. The average molecular weight is 480 g/mol. The molecule has 4 atom stereocenters. The van der Waals surface area contributed by atoms with Crippen molar-refractivity contribution in [3.05, 3.63) is 69.7 Å². The average Bonchev–Trinajstić information content (AvgIpc) is 3.11. The Morgan fingerprint density at radius 3 is 2.44 bits per heavy atom. The standard InChI is InChI=1S/C24H32Cl2N4O2/c1-17(31)28-23(18-7-5-4-6-8-18)24(19-9-10-21(25)22(26)15-19)30(14-11-20(32)16-30)27-12-13-29(2)3/h4-10,15,20,23-24,27,32H,11-14,16H2,1-3H3/p+1/t20-,23-,24?,30?/m0/s1. The van der Waals surface area contributed by atoms with Gasteiger partial charge in [-0.1, -0.05) is 59.6 Å². The maximum Gasteiger partial charge on any atom is 0.217 e. The summed E-state index contributed by atoms with van der Waals surface area (Å²) in [5.41, 5.74) is 5.67. The SMILES string of the molecule is CC(=O)N[C@@H](c1ccccc1)C(c1ccc(Cl)c(Cl)c1)[N+]1(NCCN(C)C)CC[C@H](O)C1. The summed E-state index contributed by atoms with van der Waals surface area (Å²) in [7, 11) is 4.07. The number of amides is 1. The molecule has 6 nitrogen and oxygen atoms in total. The number of aliphatic hydroxyl groups excluding tert-OH is 1. The minimum absolute atomic E-state index is 0.116. The van der Waals surface area contributed by atoms with E-state index in [1.165, 1.54) is 6.92 Å². The molecule has 0 bridgehead atoms. The van der Waals surface area contributed by atoms with Crippen molar-refractivity contribution < 1.29 is 14.5 Å². The van der Waals surface area contributed by atoms with Crippen molar-refractivity contribution in [3.63, 3.8) is 0 Å². The number of hydrogen-bond donors (Lipinski definition) is 3. The number of likely N-dealkylation sites (tertiary alicyclic amines) is 1. The van der Waals surface area contributed by atoms with Crippen LogP contribution in [0.4, 0.5) is 0 Å². The molecule has 1 aliphatic heterocycles. The molecule has 32 heavy (non-hydrogen) atoms. The highest BCUT2D eigenvalue weighted by Gasteiger charge is 2.49. The van der Waals surface area contributed by atoms with Crippen molar-refractivity contribution >= 4 is 29.1 Å². The predicted molar refractivity (Wildman–Crippen MR) is 129 cm³/mol. The van der Waals surface area contributed by atoms with Crippen molar-refractivity contribution in [3.8, 4) is 0 Å². The number of carbonyl (C=O) groups excluding carboxylic acids is 1. The summed E-state index contributed by atoms with van der Waals surface area (Å²) in [6.07, 6.45) is 0.245. The predicted octanol–water partition coefficient (Wildman–Crippen LogP) is 3.56. The van der Waals surface area contributed by atoms with Crippen LogP contribution in [0, 0.1) is 0 Å². The molecule has 0 aliphatic carbocycles. The molecule has 1 heterocycles. The zero-order chi connectivity index (χ0) is 23.3. The molecule has 1 saturated heterocycles. The highest BCUT2D eigenvalue weighted by atomic mass is 35.5. The summed E-state index contributed by atoms with van der Waals surface area (Å²) < 4.78 is 0.437. The Hall–Kier alpha value is -1.67. The number of carbonyl (C=O) groups is 1. The molecule has 1 fully saturated rings. The fourth-order valence-corrected chi connectivity index (χ4v) is 4.92. The highest BCUT2D eigenvalue weighted by molar-refractivity contribution is 6.42. The van der Waals surface area contributed by atoms with Gasteiger partial charge in [0.25, 0.3) is 0 Å². The first kappa shape index (κ1) is 25.0. The van der Waals surface area contributed by atoms with Crippen molar-refractivity contribution in [2.45, 2.75) is 31.5 Å². The van der Waals surface area contributed by atoms with Crippen LogP contribution in [0.1, 0.15) is 36.6 Å². The van der Waals surface area contributed by atoms with E-state index in [2.05, 4.69) is 15.6 Å². The normalized spacial score (nSPS) is 22.7. The van der Waals surface area contributed by atoms with E-state index in [9.17, 15) is 9.90 Å². The molecular weight excluding hydrogens is 447 g/mol. The third kappa shape index (κ3) is 6.01. The fourth-order valence-electron chi connectivity index (χ4n) is 4.61. The van der Waals surface area contributed by atoms with E-state index >= 15 is 0 Å². The lowest BCUT2D eigenvalue weighted by atomic mass is 9.91. The molecule has 0 radical (unpaired) electrons. The van der Waals surface area contributed by atoms with Gasteiger partial charge >= 0.3 is 0 Å². The van der Waals surface area contributed by atoms with Crippen molar-refractivity contribution in [1.82, 2.24) is 15.6 Å². The molecule has 3 N–H and O–H groups in total. The lowest BCUT2D eigenvalue weighted by Gasteiger charge is -2.45. The topological polar surface area (TPSA) is 64.6 Å². The second-order valence-electron chi connectivity index (χ2n) is 8.80. The smallest absolute Gasteiger partial charge is 0.217 e. The summed E-state index contributed by atoms with van der Waals surface area (Å²) in [6, 6.07) is 15.0. The zero-order valence-electron chi connectivity index (χ0n) is 18.9. The summed E-state index contributed by atoms with van der Waals surface area (Å²) in [4.78, 5) is 14.4. The Balaban J connectivity index is 2.14. The van der Waals surface area contributed by atoms with Gasteiger partial charge in [0.1, 0.15) is 18.7 Å². The highest BCUT2D eigenvalue weighted by Crippen LogP contribution is 2.42. The van der Waals surface area contributed by atoms with E-state index in [0.29, 0.717) is 27.6 Å². The zero-order valence-corrected chi connectivity index (χ0v) is 20.4. The van der Waals surface area contributed by atoms with Gasteiger partial charge in [-0.3, -0.25) is 4.79 Å². The number of likely N-dealkylation sites (N-methyl/N-ethyl adjacent to an activating group) is 1. The lowest BCUT2D eigenvalue weighted by Crippen LogP contribution is -2.62. The van der Waals surface area contributed by atoms with Crippen LogP contribution in [0.25, 0.3) is 0 Å². The third-order valence-corrected chi connectivity index (χ3v) is 6.77. The van der Waals surface area contributed by atoms with E-state index in [4.69, 9.17) is 23.2 Å². The Bertz CT molecular complexity index is 912. The number of halogens is 2. The van der Waals surface area contributed by atoms with E-state index in [1.54, 1.807) is 6.07 Å². The van der Waals surface area contributed by atoms with Gasteiger partial charge in [-0.05, 0) is 31.8 Å². The molecule has 2 aromatic carbocycles. The molecule has 0 saturated carbocycles. The minimum atomic E-state index is -0.430. The van der Waals surface area contributed by atoms with E-state index in [-0.39, 0.29) is 18.0 Å². The summed E-state index contributed by atoms with van der Waals surface area (Å²) in [6.45, 7) is 4.37. The lowest BCUT2D eigenvalue weighted by molar-refractivity contribution is -0.990. The molecule has 2 aromatic rings. The molecule has 0 aromatic heterocycles. The van der Waals surface area contributed by atoms with Crippen LogP contribution < -0.4 is 10.7 Å². The van der Waals surface area contributed by atoms with Crippen molar-refractivity contribution in [1.29, 1.82) is 0 Å². The molecule has 2 unspecified atom stereocenters. The van der Waals surface area contributed by atoms with Gasteiger partial charge in [0.05, 0.1) is 23.1 Å². The molecule has 3 rings (SSSR count). The summed E-state index contributed by atoms with van der Waals surface area (Å²) >= 11 is 12.7. The van der Waals surface area contributed by atoms with Crippen LogP contribution in [0.2, 0.25) is 10.0 Å². The Morgan fingerprint density at radius 2 is 1.88 bits per heavy atom. The van der Waals surface area contributed by atoms with Crippen LogP contribution >= 0.6 is 23.2 Å². The number of aliphatic hydroxyl groups is 1. The minimum Gasteiger partial charge on any atom is -0.387 e. The summed E-state index contributed by atoms with van der Waals surface area (Å²) in [5.74, 6) is -0.116. The van der Waals surface area contributed by atoms with Gasteiger partial charge in [0, 0.05) is 25.5 Å². The van der Waals surface area contributed by atoms with Crippen LogP contribution in [-0.4, -0.2) is 66.9 Å². The van der Waals surface area contributed by atoms with Gasteiger partial charge in [0.15, 0.2) is 6.04 Å². The van der Waals surface area contributed by atoms with Gasteiger partial charge in [-0.15, -0.1) is 0 Å². The maximum atomic E-state index is 12.3. The number of nitrogens with zero attached hydrogens (tertiary/aromatic N) is 2. The quantitative estimate of drug-likeness (QED) is 0.481. The monoisotopic (exact) mass is 479 g/mol. The van der Waals surface area contributed by atoms with Crippen molar-refractivity contribution in [2.75, 3.05) is 40.3 Å². The summed E-state index contributed by atoms with van der Waals surface area (Å²) in [5, 5.41) is 14.7. The van der Waals surface area contributed by atoms with Gasteiger partial charge in [-0.25, -0.2) is 4.59 Å². The number of quaternary nitrogens is 1. The molecule has 8 heteroatoms. The number of rotatable bonds is 9. The molecular formula is C24H33Cl2N4O2+. The first-order valence-electron chi connectivity index (χ1n) is 10.9. The molecule has 1 amide bonds. The first-order chi connectivity index (χ1) is 15.2. The number of benzene rings is 2. The molecule has 1 aliphatic rings. The largest absolute Gasteiger partial charge is 0.387 e. The van der Waals surface area contributed by atoms with Crippen LogP contribution in [-0.2, 0) is 4.79 Å². The van der Waals surface area contributed by atoms with Crippen LogP contribution in [0.15, 0.2) is 48.5 Å². The fraction of sp³-hybridized carbons (Fsp3) is 0.458. The Labute approximate surface area is 200 Å². The first-order valence-corrected chi connectivity index (χ1v) is 11.7. The van der Waals surface area contributed by atoms with Gasteiger partial charge in [-0.2, -0.15) is 5.43 Å². The van der Waals surface area contributed by atoms with E-state index < -0.39 is 6.10 Å². The van der Waals surface area contributed by atoms with Gasteiger partial charge < -0.3 is 15.3 Å². The maximum absolute atomic E-state index is 12.3.